The van der Waals surface area contributed by atoms with E-state index >= 15 is 0 Å². The molecule has 0 aliphatic heterocycles. The van der Waals surface area contributed by atoms with Gasteiger partial charge in [0.15, 0.2) is 5.82 Å². The summed E-state index contributed by atoms with van der Waals surface area (Å²) in [5, 5.41) is 9.21. The van der Waals surface area contributed by atoms with Crippen molar-refractivity contribution in [3.63, 3.8) is 0 Å². The fourth-order valence-corrected chi connectivity index (χ4v) is 0.713. The Morgan fingerprint density at radius 2 is 1.93 bits per heavy atom. The predicted molar refractivity (Wildman–Crippen MR) is 64.9 cm³/mol. The summed E-state index contributed by atoms with van der Waals surface area (Å²) in [5.74, 6) is 0.575. The Balaban J connectivity index is 0. The third-order valence-electron chi connectivity index (χ3n) is 1.29. The van der Waals surface area contributed by atoms with Gasteiger partial charge in [0.1, 0.15) is 0 Å². The molecule has 0 aliphatic carbocycles. The Morgan fingerprint density at radius 3 is 2.27 bits per heavy atom. The molecule has 1 amide bonds. The maximum Gasteiger partial charge on any atom is 0.225 e. The van der Waals surface area contributed by atoms with Crippen LogP contribution < -0.4 is 5.32 Å². The summed E-state index contributed by atoms with van der Waals surface area (Å²) >= 11 is 0. The van der Waals surface area contributed by atoms with Gasteiger partial charge in [-0.25, -0.2) is 0 Å². The smallest absolute Gasteiger partial charge is 0.225 e. The van der Waals surface area contributed by atoms with Crippen molar-refractivity contribution >= 4 is 11.7 Å². The van der Waals surface area contributed by atoms with Crippen molar-refractivity contribution in [2.24, 2.45) is 0 Å². The highest BCUT2D eigenvalue weighted by Gasteiger charge is 2.00. The summed E-state index contributed by atoms with van der Waals surface area (Å²) in [6.07, 6.45) is 0.478. The summed E-state index contributed by atoms with van der Waals surface area (Å²) in [7, 11) is 0. The van der Waals surface area contributed by atoms with Crippen molar-refractivity contribution in [3.05, 3.63) is 11.8 Å². The van der Waals surface area contributed by atoms with Crippen molar-refractivity contribution < 1.29 is 4.79 Å². The second kappa shape index (κ2) is 10.8. The van der Waals surface area contributed by atoms with Crippen LogP contribution in [0.4, 0.5) is 5.82 Å². The zero-order valence-corrected chi connectivity index (χ0v) is 10.6. The third kappa shape index (κ3) is 7.73. The molecule has 0 radical (unpaired) electrons. The lowest BCUT2D eigenvalue weighted by Gasteiger charge is -1.95. The van der Waals surface area contributed by atoms with Crippen molar-refractivity contribution in [1.29, 1.82) is 0 Å². The van der Waals surface area contributed by atoms with Gasteiger partial charge in [0.25, 0.3) is 0 Å². The van der Waals surface area contributed by atoms with E-state index in [0.717, 1.165) is 5.69 Å². The minimum absolute atomic E-state index is 0.0171. The minimum atomic E-state index is -0.0171. The maximum absolute atomic E-state index is 10.8. The lowest BCUT2D eigenvalue weighted by Crippen LogP contribution is -2.09. The SMILES string of the molecule is CC.CC.CCC(=O)Nc1cc(C)[nH]n1. The largest absolute Gasteiger partial charge is 0.309 e. The Labute approximate surface area is 92.5 Å². The summed E-state index contributed by atoms with van der Waals surface area (Å²) in [6.45, 7) is 11.7. The van der Waals surface area contributed by atoms with Gasteiger partial charge in [0.05, 0.1) is 0 Å². The Morgan fingerprint density at radius 1 is 1.40 bits per heavy atom. The lowest BCUT2D eigenvalue weighted by molar-refractivity contribution is -0.115. The van der Waals surface area contributed by atoms with Crippen LogP contribution in [0.3, 0.4) is 0 Å². The topological polar surface area (TPSA) is 57.8 Å². The van der Waals surface area contributed by atoms with E-state index in [1.807, 2.05) is 34.6 Å². The van der Waals surface area contributed by atoms with Crippen molar-refractivity contribution in [3.8, 4) is 0 Å². The van der Waals surface area contributed by atoms with Crippen LogP contribution >= 0.6 is 0 Å². The fourth-order valence-electron chi connectivity index (χ4n) is 0.713. The van der Waals surface area contributed by atoms with E-state index in [4.69, 9.17) is 0 Å². The van der Waals surface area contributed by atoms with Gasteiger partial charge in [-0.2, -0.15) is 5.10 Å². The van der Waals surface area contributed by atoms with Crippen LogP contribution in [0.25, 0.3) is 0 Å². The molecule has 0 fully saturated rings. The van der Waals surface area contributed by atoms with Crippen LogP contribution in [-0.2, 0) is 4.79 Å². The number of amides is 1. The van der Waals surface area contributed by atoms with Crippen LogP contribution in [-0.4, -0.2) is 16.1 Å². The van der Waals surface area contributed by atoms with Crippen molar-refractivity contribution in [1.82, 2.24) is 10.2 Å². The number of rotatable bonds is 2. The molecule has 4 heteroatoms. The van der Waals surface area contributed by atoms with E-state index in [0.29, 0.717) is 12.2 Å². The van der Waals surface area contributed by atoms with Gasteiger partial charge in [0, 0.05) is 18.2 Å². The fraction of sp³-hybridized carbons (Fsp3) is 0.636. The van der Waals surface area contributed by atoms with Crippen LogP contribution in [0, 0.1) is 6.92 Å². The van der Waals surface area contributed by atoms with Gasteiger partial charge in [-0.05, 0) is 6.92 Å². The predicted octanol–water partition coefficient (Wildman–Crippen LogP) is 3.12. The average molecular weight is 213 g/mol. The molecule has 1 heterocycles. The maximum atomic E-state index is 10.8. The molecule has 0 atom stereocenters. The van der Waals surface area contributed by atoms with E-state index in [1.54, 1.807) is 13.0 Å². The lowest BCUT2D eigenvalue weighted by atomic mass is 10.4. The molecule has 1 aromatic heterocycles. The number of anilines is 1. The molecule has 0 aliphatic rings. The molecule has 0 unspecified atom stereocenters. The van der Waals surface area contributed by atoms with Gasteiger partial charge in [-0.3, -0.25) is 9.89 Å². The van der Waals surface area contributed by atoms with E-state index in [2.05, 4.69) is 15.5 Å². The molecule has 0 aromatic carbocycles. The number of nitrogens with zero attached hydrogens (tertiary/aromatic N) is 1. The van der Waals surface area contributed by atoms with Gasteiger partial charge in [-0.15, -0.1) is 0 Å². The second-order valence-electron chi connectivity index (χ2n) is 2.34. The van der Waals surface area contributed by atoms with Gasteiger partial charge in [-0.1, -0.05) is 34.6 Å². The van der Waals surface area contributed by atoms with Crippen molar-refractivity contribution in [2.45, 2.75) is 48.0 Å². The molecule has 15 heavy (non-hydrogen) atoms. The molecule has 1 rings (SSSR count). The third-order valence-corrected chi connectivity index (χ3v) is 1.29. The van der Waals surface area contributed by atoms with E-state index in [9.17, 15) is 4.79 Å². The monoisotopic (exact) mass is 213 g/mol. The molecular weight excluding hydrogens is 190 g/mol. The summed E-state index contributed by atoms with van der Waals surface area (Å²) < 4.78 is 0. The van der Waals surface area contributed by atoms with Crippen LogP contribution in [0.15, 0.2) is 6.07 Å². The first-order valence-corrected chi connectivity index (χ1v) is 5.54. The molecule has 0 saturated heterocycles. The highest BCUT2D eigenvalue weighted by molar-refractivity contribution is 5.89. The van der Waals surface area contributed by atoms with E-state index in [-0.39, 0.29) is 5.91 Å². The summed E-state index contributed by atoms with van der Waals surface area (Å²) in [6, 6.07) is 1.79. The minimum Gasteiger partial charge on any atom is -0.309 e. The number of aromatic amines is 1. The quantitative estimate of drug-likeness (QED) is 0.793. The Hall–Kier alpha value is -1.32. The number of aryl methyl sites for hydroxylation is 1. The highest BCUT2D eigenvalue weighted by Crippen LogP contribution is 2.03. The number of carbonyl (C=O) groups is 1. The van der Waals surface area contributed by atoms with Crippen LogP contribution in [0.1, 0.15) is 46.7 Å². The van der Waals surface area contributed by atoms with E-state index < -0.39 is 0 Å². The molecule has 0 spiro atoms. The van der Waals surface area contributed by atoms with Gasteiger partial charge < -0.3 is 5.32 Å². The zero-order valence-electron chi connectivity index (χ0n) is 10.6. The zero-order chi connectivity index (χ0) is 12.3. The number of nitrogens with one attached hydrogen (secondary N) is 2. The first-order chi connectivity index (χ1) is 7.22. The number of H-pyrrole nitrogens is 1. The summed E-state index contributed by atoms with van der Waals surface area (Å²) in [4.78, 5) is 10.8. The molecule has 4 nitrogen and oxygen atoms in total. The van der Waals surface area contributed by atoms with Crippen LogP contribution in [0.5, 0.6) is 0 Å². The van der Waals surface area contributed by atoms with Gasteiger partial charge >= 0.3 is 0 Å². The van der Waals surface area contributed by atoms with Crippen LogP contribution in [0.2, 0.25) is 0 Å². The second-order valence-corrected chi connectivity index (χ2v) is 2.34. The highest BCUT2D eigenvalue weighted by atomic mass is 16.1. The van der Waals surface area contributed by atoms with E-state index in [1.165, 1.54) is 0 Å². The number of aromatic nitrogens is 2. The van der Waals surface area contributed by atoms with Gasteiger partial charge in [0.2, 0.25) is 5.91 Å². The molecule has 88 valence electrons. The first kappa shape index (κ1) is 16.1. The Bertz CT molecular complexity index is 256. The summed E-state index contributed by atoms with van der Waals surface area (Å²) in [5.41, 5.74) is 0.941. The molecule has 0 bridgehead atoms. The molecular formula is C11H23N3O. The normalized spacial score (nSPS) is 7.87. The molecule has 1 aromatic rings. The molecule has 2 N–H and O–H groups in total. The average Bonchev–Trinajstić information content (AvgIpc) is 2.69. The number of hydrogen-bond acceptors (Lipinski definition) is 2. The standard InChI is InChI=1S/C7H11N3O.2C2H6/c1-3-7(11)8-6-4-5(2)9-10-6;2*1-2/h4H,3H2,1-2H3,(H2,8,9,10,11);2*1-2H3. The molecule has 0 saturated carbocycles. The Kier molecular flexibility index (Phi) is 11.6. The van der Waals surface area contributed by atoms with Crippen molar-refractivity contribution in [2.75, 3.05) is 5.32 Å². The number of hydrogen-bond donors (Lipinski definition) is 2. The first-order valence-electron chi connectivity index (χ1n) is 5.54. The number of carbonyl (C=O) groups excluding carboxylic acids is 1.